The molecule has 1 N–H and O–H groups in total. The third kappa shape index (κ3) is 4.82. The zero-order valence-electron chi connectivity index (χ0n) is 16.6. The Kier molecular flexibility index (Phi) is 7.43. The Bertz CT molecular complexity index is 761. The van der Waals surface area contributed by atoms with Gasteiger partial charge in [-0.2, -0.15) is 0 Å². The first kappa shape index (κ1) is 21.3. The third-order valence-electron chi connectivity index (χ3n) is 4.42. The maximum atomic E-state index is 12.5. The highest BCUT2D eigenvalue weighted by atomic mass is 16.6. The van der Waals surface area contributed by atoms with Gasteiger partial charge in [0.1, 0.15) is 5.75 Å². The quantitative estimate of drug-likeness (QED) is 0.454. The van der Waals surface area contributed by atoms with Crippen LogP contribution >= 0.6 is 0 Å². The normalized spacial score (nSPS) is 17.7. The summed E-state index contributed by atoms with van der Waals surface area (Å²) in [5, 5.41) is 1.13. The molecule has 0 saturated carbocycles. The molecule has 0 radical (unpaired) electrons. The van der Waals surface area contributed by atoms with Gasteiger partial charge in [0, 0.05) is 11.5 Å². The second-order valence-electron chi connectivity index (χ2n) is 6.17. The first-order valence-corrected chi connectivity index (χ1v) is 9.17. The van der Waals surface area contributed by atoms with Crippen LogP contribution in [0.15, 0.2) is 30.4 Å². The molecule has 0 heterocycles. The highest BCUT2D eigenvalue weighted by Crippen LogP contribution is 2.36. The number of ketones is 1. The van der Waals surface area contributed by atoms with Crippen molar-refractivity contribution in [3.05, 3.63) is 41.5 Å². The van der Waals surface area contributed by atoms with Crippen molar-refractivity contribution in [3.8, 4) is 5.75 Å². The number of nitrogens with zero attached hydrogens (tertiary/aromatic N) is 1. The number of ether oxygens (including phenoxy) is 3. The lowest BCUT2D eigenvalue weighted by molar-refractivity contribution is 0.0540. The van der Waals surface area contributed by atoms with E-state index < -0.39 is 18.2 Å². The minimum atomic E-state index is -0.751. The predicted molar refractivity (Wildman–Crippen MR) is 102 cm³/mol. The van der Waals surface area contributed by atoms with Crippen LogP contribution in [0, 0.1) is 0 Å². The fraction of sp³-hybridized carbons (Fsp3) is 0.450. The second kappa shape index (κ2) is 9.77. The summed E-state index contributed by atoms with van der Waals surface area (Å²) in [5.74, 6) is 0.165. The zero-order valence-corrected chi connectivity index (χ0v) is 16.6. The second-order valence-corrected chi connectivity index (χ2v) is 6.17. The number of rotatable bonds is 6. The van der Waals surface area contributed by atoms with Crippen LogP contribution in [-0.4, -0.2) is 49.3 Å². The number of benzene rings is 1. The van der Waals surface area contributed by atoms with Gasteiger partial charge in [-0.3, -0.25) is 4.79 Å². The number of carbonyl (C=O) groups is 3. The molecule has 28 heavy (non-hydrogen) atoms. The van der Waals surface area contributed by atoms with Crippen molar-refractivity contribution in [1.29, 1.82) is 0 Å². The van der Waals surface area contributed by atoms with E-state index in [2.05, 4.69) is 5.43 Å². The van der Waals surface area contributed by atoms with Crippen molar-refractivity contribution in [2.75, 3.05) is 20.3 Å². The maximum Gasteiger partial charge on any atom is 0.429 e. The van der Waals surface area contributed by atoms with Crippen LogP contribution in [0.5, 0.6) is 5.75 Å². The van der Waals surface area contributed by atoms with Crippen LogP contribution in [0.1, 0.15) is 49.0 Å². The Morgan fingerprint density at radius 2 is 1.89 bits per heavy atom. The maximum absolute atomic E-state index is 12.5. The van der Waals surface area contributed by atoms with E-state index in [1.165, 1.54) is 6.92 Å². The number of hydrazine groups is 1. The number of carbonyl (C=O) groups excluding carboxylic acids is 3. The van der Waals surface area contributed by atoms with Gasteiger partial charge < -0.3 is 14.2 Å². The summed E-state index contributed by atoms with van der Waals surface area (Å²) < 4.78 is 15.3. The van der Waals surface area contributed by atoms with Crippen molar-refractivity contribution in [1.82, 2.24) is 10.4 Å². The first-order valence-electron chi connectivity index (χ1n) is 9.17. The van der Waals surface area contributed by atoms with Crippen LogP contribution in [0.25, 0.3) is 0 Å². The molecule has 1 aromatic carbocycles. The Hall–Kier alpha value is -3.03. The molecule has 2 amide bonds. The lowest BCUT2D eigenvalue weighted by Crippen LogP contribution is -2.53. The SMILES string of the molecule is CCOC(=O)NN(C(=O)OCC)[C@H]1CC=C[C@@H]1c1cc(OC)ccc1C(C)=O. The van der Waals surface area contributed by atoms with Gasteiger partial charge in [-0.05, 0) is 51.0 Å². The molecule has 2 atom stereocenters. The van der Waals surface area contributed by atoms with E-state index in [9.17, 15) is 14.4 Å². The fourth-order valence-corrected chi connectivity index (χ4v) is 3.20. The Balaban J connectivity index is 2.41. The molecule has 1 aliphatic rings. The van der Waals surface area contributed by atoms with Crippen LogP contribution in [-0.2, 0) is 9.47 Å². The first-order chi connectivity index (χ1) is 13.4. The molecular weight excluding hydrogens is 364 g/mol. The van der Waals surface area contributed by atoms with Crippen molar-refractivity contribution in [2.24, 2.45) is 0 Å². The van der Waals surface area contributed by atoms with E-state index in [0.29, 0.717) is 23.3 Å². The minimum absolute atomic E-state index is 0.0993. The van der Waals surface area contributed by atoms with Crippen LogP contribution in [0.4, 0.5) is 9.59 Å². The molecule has 0 unspecified atom stereocenters. The van der Waals surface area contributed by atoms with Gasteiger partial charge in [0.05, 0.1) is 26.4 Å². The number of amides is 2. The summed E-state index contributed by atoms with van der Waals surface area (Å²) in [7, 11) is 1.54. The number of methoxy groups -OCH3 is 1. The summed E-state index contributed by atoms with van der Waals surface area (Å²) >= 11 is 0. The fourth-order valence-electron chi connectivity index (χ4n) is 3.20. The molecule has 0 spiro atoms. The smallest absolute Gasteiger partial charge is 0.429 e. The van der Waals surface area contributed by atoms with Gasteiger partial charge >= 0.3 is 12.2 Å². The van der Waals surface area contributed by atoms with E-state index in [1.54, 1.807) is 39.2 Å². The summed E-state index contributed by atoms with van der Waals surface area (Å²) in [4.78, 5) is 36.6. The highest BCUT2D eigenvalue weighted by molar-refractivity contribution is 5.96. The van der Waals surface area contributed by atoms with Crippen LogP contribution in [0.2, 0.25) is 0 Å². The number of hydrogen-bond acceptors (Lipinski definition) is 6. The number of Topliss-reactive ketones (excluding diaryl/α,β-unsaturated/α-hetero) is 1. The van der Waals surface area contributed by atoms with E-state index >= 15 is 0 Å². The van der Waals surface area contributed by atoms with Crippen molar-refractivity contribution in [2.45, 2.75) is 39.2 Å². The molecule has 0 fully saturated rings. The molecule has 8 nitrogen and oxygen atoms in total. The molecule has 0 aromatic heterocycles. The van der Waals surface area contributed by atoms with Crippen LogP contribution < -0.4 is 10.2 Å². The summed E-state index contributed by atoms with van der Waals surface area (Å²) in [6.07, 6.45) is 2.84. The van der Waals surface area contributed by atoms with Crippen molar-refractivity contribution < 1.29 is 28.6 Å². The Labute approximate surface area is 164 Å². The Morgan fingerprint density at radius 1 is 1.18 bits per heavy atom. The summed E-state index contributed by atoms with van der Waals surface area (Å²) in [5.41, 5.74) is 3.71. The number of nitrogens with one attached hydrogen (secondary N) is 1. The summed E-state index contributed by atoms with van der Waals surface area (Å²) in [6.45, 7) is 5.16. The van der Waals surface area contributed by atoms with Crippen molar-refractivity contribution in [3.63, 3.8) is 0 Å². The van der Waals surface area contributed by atoms with Crippen molar-refractivity contribution >= 4 is 18.0 Å². The molecule has 1 aromatic rings. The van der Waals surface area contributed by atoms with Gasteiger partial charge in [-0.1, -0.05) is 12.2 Å². The van der Waals surface area contributed by atoms with Gasteiger partial charge in [0.2, 0.25) is 0 Å². The van der Waals surface area contributed by atoms with Gasteiger partial charge in [0.25, 0.3) is 0 Å². The molecule has 8 heteroatoms. The standard InChI is InChI=1S/C20H26N2O6/c1-5-27-19(24)21-22(20(25)28-6-2)18-9-7-8-16(18)17-12-14(26-4)10-11-15(17)13(3)23/h7-8,10-12,16,18H,5-6,9H2,1-4H3,(H,21,24)/t16-,18+/m1/s1. The third-order valence-corrected chi connectivity index (χ3v) is 4.42. The molecule has 0 saturated heterocycles. The van der Waals surface area contributed by atoms with Gasteiger partial charge in [-0.15, -0.1) is 0 Å². The average Bonchev–Trinajstić information content (AvgIpc) is 3.15. The van der Waals surface area contributed by atoms with Crippen LogP contribution in [0.3, 0.4) is 0 Å². The lowest BCUT2D eigenvalue weighted by Gasteiger charge is -2.32. The van der Waals surface area contributed by atoms with E-state index in [0.717, 1.165) is 5.01 Å². The summed E-state index contributed by atoms with van der Waals surface area (Å²) in [6, 6.07) is 4.72. The Morgan fingerprint density at radius 3 is 2.50 bits per heavy atom. The largest absolute Gasteiger partial charge is 0.497 e. The molecule has 2 rings (SSSR count). The molecule has 0 bridgehead atoms. The van der Waals surface area contributed by atoms with E-state index in [4.69, 9.17) is 14.2 Å². The average molecular weight is 390 g/mol. The van der Waals surface area contributed by atoms with Gasteiger partial charge in [-0.25, -0.2) is 20.0 Å². The van der Waals surface area contributed by atoms with Gasteiger partial charge in [0.15, 0.2) is 5.78 Å². The van der Waals surface area contributed by atoms with E-state index in [1.807, 2.05) is 12.2 Å². The predicted octanol–water partition coefficient (Wildman–Crippen LogP) is 3.43. The minimum Gasteiger partial charge on any atom is -0.497 e. The van der Waals surface area contributed by atoms with E-state index in [-0.39, 0.29) is 24.9 Å². The number of hydrogen-bond donors (Lipinski definition) is 1. The molecule has 1 aliphatic carbocycles. The topological polar surface area (TPSA) is 94.2 Å². The zero-order chi connectivity index (χ0) is 20.7. The highest BCUT2D eigenvalue weighted by Gasteiger charge is 2.36. The lowest BCUT2D eigenvalue weighted by atomic mass is 9.88. The molecule has 152 valence electrons. The monoisotopic (exact) mass is 390 g/mol. The molecule has 0 aliphatic heterocycles. The molecular formula is C20H26N2O6.